The number of nitrogens with zero attached hydrogens (tertiary/aromatic N) is 1. The number of hydrogen-bond donors (Lipinski definition) is 1. The molecule has 1 unspecified atom stereocenters. The van der Waals surface area contributed by atoms with E-state index in [4.69, 9.17) is 11.6 Å². The quantitative estimate of drug-likeness (QED) is 0.747. The van der Waals surface area contributed by atoms with Crippen molar-refractivity contribution < 1.29 is 0 Å². The highest BCUT2D eigenvalue weighted by atomic mass is 35.5. The first-order chi connectivity index (χ1) is 9.45. The Morgan fingerprint density at radius 3 is 2.50 bits per heavy atom. The molecular formula is C17H29ClN2. The fourth-order valence-electron chi connectivity index (χ4n) is 2.30. The largest absolute Gasteiger partial charge is 0.371 e. The summed E-state index contributed by atoms with van der Waals surface area (Å²) < 4.78 is 0. The summed E-state index contributed by atoms with van der Waals surface area (Å²) in [5.74, 6) is 0.672. The Hall–Kier alpha value is -0.730. The molecule has 0 amide bonds. The summed E-state index contributed by atoms with van der Waals surface area (Å²) in [5, 5.41) is 4.29. The molecule has 0 spiro atoms. The first kappa shape index (κ1) is 17.3. The predicted octanol–water partition coefficient (Wildman–Crippen LogP) is 4.71. The van der Waals surface area contributed by atoms with Gasteiger partial charge in [0.1, 0.15) is 0 Å². The first-order valence-electron chi connectivity index (χ1n) is 7.67. The van der Waals surface area contributed by atoms with Gasteiger partial charge in [0.25, 0.3) is 0 Å². The Bertz CT molecular complexity index is 404. The van der Waals surface area contributed by atoms with E-state index in [2.05, 4.69) is 63.2 Å². The maximum atomic E-state index is 6.44. The number of rotatable bonds is 8. The molecule has 0 radical (unpaired) electrons. The van der Waals surface area contributed by atoms with E-state index >= 15 is 0 Å². The van der Waals surface area contributed by atoms with Crippen molar-refractivity contribution in [2.24, 2.45) is 5.92 Å². The molecule has 1 rings (SSSR count). The summed E-state index contributed by atoms with van der Waals surface area (Å²) in [5.41, 5.74) is 2.37. The van der Waals surface area contributed by atoms with Crippen molar-refractivity contribution in [1.29, 1.82) is 0 Å². The van der Waals surface area contributed by atoms with Crippen LogP contribution in [0.2, 0.25) is 5.02 Å². The van der Waals surface area contributed by atoms with Crippen LogP contribution in [0.3, 0.4) is 0 Å². The Morgan fingerprint density at radius 1 is 1.25 bits per heavy atom. The molecule has 1 aromatic carbocycles. The van der Waals surface area contributed by atoms with Crippen molar-refractivity contribution in [3.63, 3.8) is 0 Å². The van der Waals surface area contributed by atoms with Gasteiger partial charge < -0.3 is 10.2 Å². The van der Waals surface area contributed by atoms with Crippen LogP contribution in [-0.2, 0) is 6.54 Å². The van der Waals surface area contributed by atoms with Gasteiger partial charge in [-0.05, 0) is 43.5 Å². The Balaban J connectivity index is 2.67. The molecule has 0 aliphatic carbocycles. The van der Waals surface area contributed by atoms with Crippen molar-refractivity contribution in [3.8, 4) is 0 Å². The second-order valence-corrected chi connectivity index (χ2v) is 6.47. The van der Waals surface area contributed by atoms with Gasteiger partial charge in [-0.3, -0.25) is 0 Å². The molecule has 0 aliphatic heterocycles. The zero-order valence-electron chi connectivity index (χ0n) is 13.5. The second-order valence-electron chi connectivity index (χ2n) is 6.06. The van der Waals surface area contributed by atoms with Crippen molar-refractivity contribution in [1.82, 2.24) is 5.32 Å². The zero-order valence-corrected chi connectivity index (χ0v) is 14.3. The molecule has 0 bridgehead atoms. The van der Waals surface area contributed by atoms with Gasteiger partial charge in [-0.2, -0.15) is 0 Å². The molecular weight excluding hydrogens is 268 g/mol. The number of halogens is 1. The van der Waals surface area contributed by atoms with E-state index in [-0.39, 0.29) is 0 Å². The van der Waals surface area contributed by atoms with Gasteiger partial charge >= 0.3 is 0 Å². The minimum absolute atomic E-state index is 0.516. The molecule has 2 nitrogen and oxygen atoms in total. The summed E-state index contributed by atoms with van der Waals surface area (Å²) >= 11 is 6.44. The third kappa shape index (κ3) is 5.34. The standard InChI is InChI=1S/C17H29ClN2/c1-6-7-14(4)20(5)17-9-8-15(10-16(17)18)12-19-11-13(2)3/h8-10,13-14,19H,6-7,11-12H2,1-5H3. The fraction of sp³-hybridized carbons (Fsp3) is 0.647. The van der Waals surface area contributed by atoms with Gasteiger partial charge in [-0.15, -0.1) is 0 Å². The molecule has 0 fully saturated rings. The van der Waals surface area contributed by atoms with Crippen LogP contribution in [0.15, 0.2) is 18.2 Å². The highest BCUT2D eigenvalue weighted by Gasteiger charge is 2.12. The fourth-order valence-corrected chi connectivity index (χ4v) is 2.64. The van der Waals surface area contributed by atoms with Gasteiger partial charge in [0.2, 0.25) is 0 Å². The smallest absolute Gasteiger partial charge is 0.0642 e. The SMILES string of the molecule is CCCC(C)N(C)c1ccc(CNCC(C)C)cc1Cl. The van der Waals surface area contributed by atoms with Crippen LogP contribution in [0.25, 0.3) is 0 Å². The lowest BCUT2D eigenvalue weighted by atomic mass is 10.1. The Kier molecular flexibility index (Phi) is 7.39. The molecule has 1 atom stereocenters. The normalized spacial score (nSPS) is 12.8. The zero-order chi connectivity index (χ0) is 15.1. The lowest BCUT2D eigenvalue weighted by Crippen LogP contribution is -2.28. The molecule has 0 saturated heterocycles. The first-order valence-corrected chi connectivity index (χ1v) is 8.05. The third-order valence-corrected chi connectivity index (χ3v) is 3.94. The van der Waals surface area contributed by atoms with Crippen LogP contribution in [0.1, 0.15) is 46.1 Å². The van der Waals surface area contributed by atoms with Crippen molar-refractivity contribution in [2.75, 3.05) is 18.5 Å². The highest BCUT2D eigenvalue weighted by Crippen LogP contribution is 2.28. The van der Waals surface area contributed by atoms with Crippen molar-refractivity contribution >= 4 is 17.3 Å². The lowest BCUT2D eigenvalue weighted by Gasteiger charge is -2.28. The summed E-state index contributed by atoms with van der Waals surface area (Å²) in [7, 11) is 2.12. The van der Waals surface area contributed by atoms with Crippen molar-refractivity contribution in [3.05, 3.63) is 28.8 Å². The number of nitrogens with one attached hydrogen (secondary N) is 1. The maximum Gasteiger partial charge on any atom is 0.0642 e. The number of hydrogen-bond acceptors (Lipinski definition) is 2. The van der Waals surface area contributed by atoms with Gasteiger partial charge in [-0.25, -0.2) is 0 Å². The monoisotopic (exact) mass is 296 g/mol. The maximum absolute atomic E-state index is 6.44. The van der Waals surface area contributed by atoms with Crippen LogP contribution < -0.4 is 10.2 Å². The van der Waals surface area contributed by atoms with E-state index in [1.165, 1.54) is 18.4 Å². The highest BCUT2D eigenvalue weighted by molar-refractivity contribution is 6.33. The van der Waals surface area contributed by atoms with Crippen LogP contribution in [0.4, 0.5) is 5.69 Å². The second kappa shape index (κ2) is 8.53. The van der Waals surface area contributed by atoms with E-state index in [1.54, 1.807) is 0 Å². The van der Waals surface area contributed by atoms with E-state index in [0.717, 1.165) is 23.8 Å². The van der Waals surface area contributed by atoms with Gasteiger partial charge in [0.15, 0.2) is 0 Å². The van der Waals surface area contributed by atoms with E-state index in [1.807, 2.05) is 0 Å². The van der Waals surface area contributed by atoms with Crippen LogP contribution in [0, 0.1) is 5.92 Å². The molecule has 1 aromatic rings. The molecule has 0 aromatic heterocycles. The van der Waals surface area contributed by atoms with Gasteiger partial charge in [0, 0.05) is 19.6 Å². The van der Waals surface area contributed by atoms with Gasteiger partial charge in [-0.1, -0.05) is 44.9 Å². The molecule has 114 valence electrons. The Morgan fingerprint density at radius 2 is 1.95 bits per heavy atom. The van der Waals surface area contributed by atoms with E-state index in [9.17, 15) is 0 Å². The molecule has 20 heavy (non-hydrogen) atoms. The Labute approximate surface area is 129 Å². The number of benzene rings is 1. The molecule has 0 saturated carbocycles. The topological polar surface area (TPSA) is 15.3 Å². The number of anilines is 1. The molecule has 1 N–H and O–H groups in total. The summed E-state index contributed by atoms with van der Waals surface area (Å²) in [6.07, 6.45) is 2.38. The summed E-state index contributed by atoms with van der Waals surface area (Å²) in [6, 6.07) is 6.91. The summed E-state index contributed by atoms with van der Waals surface area (Å²) in [4.78, 5) is 2.27. The molecule has 3 heteroatoms. The minimum atomic E-state index is 0.516. The van der Waals surface area contributed by atoms with Crippen LogP contribution >= 0.6 is 11.6 Å². The van der Waals surface area contributed by atoms with Crippen molar-refractivity contribution in [2.45, 2.75) is 53.1 Å². The summed E-state index contributed by atoms with van der Waals surface area (Å²) in [6.45, 7) is 10.8. The van der Waals surface area contributed by atoms with Crippen LogP contribution in [-0.4, -0.2) is 19.6 Å². The van der Waals surface area contributed by atoms with Gasteiger partial charge in [0.05, 0.1) is 10.7 Å². The molecule has 0 aliphatic rings. The van der Waals surface area contributed by atoms with E-state index < -0.39 is 0 Å². The third-order valence-electron chi connectivity index (χ3n) is 3.64. The predicted molar refractivity (Wildman–Crippen MR) is 90.8 cm³/mol. The van der Waals surface area contributed by atoms with E-state index in [0.29, 0.717) is 12.0 Å². The van der Waals surface area contributed by atoms with Crippen LogP contribution in [0.5, 0.6) is 0 Å². The average molecular weight is 297 g/mol. The minimum Gasteiger partial charge on any atom is -0.371 e. The molecule has 0 heterocycles. The average Bonchev–Trinajstić information content (AvgIpc) is 2.38. The lowest BCUT2D eigenvalue weighted by molar-refractivity contribution is 0.552.